The van der Waals surface area contributed by atoms with Crippen molar-refractivity contribution in [3.8, 4) is 0 Å². The summed E-state index contributed by atoms with van der Waals surface area (Å²) in [4.78, 5) is 13.1. The molecule has 166 valence electrons. The van der Waals surface area contributed by atoms with Crippen LogP contribution in [0.2, 0.25) is 0 Å². The van der Waals surface area contributed by atoms with Gasteiger partial charge < -0.3 is 10.4 Å². The number of amides is 1. The number of rotatable bonds is 9. The average Bonchev–Trinajstić information content (AvgIpc) is 2.65. The lowest BCUT2D eigenvalue weighted by Gasteiger charge is -2.57. The van der Waals surface area contributed by atoms with Gasteiger partial charge in [0.15, 0.2) is 0 Å². The van der Waals surface area contributed by atoms with Crippen LogP contribution in [-0.2, 0) is 6.42 Å². The second-order valence-electron chi connectivity index (χ2n) is 11.0. The van der Waals surface area contributed by atoms with E-state index in [2.05, 4.69) is 11.4 Å². The van der Waals surface area contributed by atoms with Crippen LogP contribution in [0, 0.1) is 23.2 Å². The molecule has 0 unspecified atom stereocenters. The van der Waals surface area contributed by atoms with Crippen molar-refractivity contribution in [2.45, 2.75) is 70.8 Å². The number of carbonyl (C=O) groups is 1. The molecule has 5 heteroatoms. The lowest BCUT2D eigenvalue weighted by Crippen LogP contribution is -2.50. The van der Waals surface area contributed by atoms with Gasteiger partial charge in [-0.1, -0.05) is 12.1 Å². The Morgan fingerprint density at radius 3 is 2.43 bits per heavy atom. The smallest absolute Gasteiger partial charge is 0.268 e. The Hall–Kier alpha value is -1.10. The Morgan fingerprint density at radius 1 is 1.20 bits per heavy atom. The largest absolute Gasteiger partial charge is 0.389 e. The van der Waals surface area contributed by atoms with E-state index in [-0.39, 0.29) is 11.3 Å². The standard InChI is InChI=1S/C25H37ClN2O2/c1-24(2,30)16-27-8-4-6-18-5-3-7-22(12-18)23(29)28(26)17-25-13-19-9-20(14-25)11-21(10-19)15-25/h3,5,7,12,19-21,27,30H,4,6,8-11,13-17H2,1-2H3. The fraction of sp³-hybridized carbons (Fsp3) is 0.720. The zero-order valence-corrected chi connectivity index (χ0v) is 19.3. The molecule has 4 nitrogen and oxygen atoms in total. The number of aryl methyl sites for hydroxylation is 1. The molecule has 1 amide bonds. The third-order valence-corrected chi connectivity index (χ3v) is 7.68. The van der Waals surface area contributed by atoms with Gasteiger partial charge in [0.1, 0.15) is 0 Å². The lowest BCUT2D eigenvalue weighted by molar-refractivity contribution is -0.0579. The number of nitrogens with one attached hydrogen (secondary N) is 1. The van der Waals surface area contributed by atoms with Gasteiger partial charge in [0.25, 0.3) is 5.91 Å². The molecule has 1 aromatic carbocycles. The quantitative estimate of drug-likeness (QED) is 0.435. The monoisotopic (exact) mass is 432 g/mol. The van der Waals surface area contributed by atoms with Gasteiger partial charge in [0.05, 0.1) is 5.60 Å². The van der Waals surface area contributed by atoms with Crippen LogP contribution in [-0.4, -0.2) is 40.7 Å². The first-order valence-corrected chi connectivity index (χ1v) is 12.0. The molecule has 4 saturated carbocycles. The first kappa shape index (κ1) is 22.1. The molecule has 0 radical (unpaired) electrons. The molecule has 0 aromatic heterocycles. The van der Waals surface area contributed by atoms with Crippen LogP contribution < -0.4 is 5.32 Å². The third-order valence-electron chi connectivity index (χ3n) is 7.41. The van der Waals surface area contributed by atoms with Crippen molar-refractivity contribution in [1.82, 2.24) is 9.74 Å². The molecule has 4 bridgehead atoms. The number of hydrogen-bond donors (Lipinski definition) is 2. The molecule has 0 heterocycles. The molecule has 4 aliphatic rings. The van der Waals surface area contributed by atoms with Crippen LogP contribution in [0.4, 0.5) is 0 Å². The minimum atomic E-state index is -0.688. The van der Waals surface area contributed by atoms with Gasteiger partial charge in [0.2, 0.25) is 0 Å². The summed E-state index contributed by atoms with van der Waals surface area (Å²) in [5.74, 6) is 2.54. The van der Waals surface area contributed by atoms with Crippen LogP contribution in [0.1, 0.15) is 74.7 Å². The van der Waals surface area contributed by atoms with Crippen LogP contribution in [0.5, 0.6) is 0 Å². The molecule has 4 aliphatic carbocycles. The number of nitrogens with zero attached hydrogens (tertiary/aromatic N) is 1. The van der Waals surface area contributed by atoms with Crippen molar-refractivity contribution in [3.05, 3.63) is 35.4 Å². The molecule has 5 rings (SSSR count). The van der Waals surface area contributed by atoms with Crippen LogP contribution in [0.25, 0.3) is 0 Å². The summed E-state index contributed by atoms with van der Waals surface area (Å²) in [7, 11) is 0. The van der Waals surface area contributed by atoms with E-state index in [1.165, 1.54) is 42.9 Å². The summed E-state index contributed by atoms with van der Waals surface area (Å²) in [6.45, 7) is 5.72. The maximum Gasteiger partial charge on any atom is 0.268 e. The van der Waals surface area contributed by atoms with Gasteiger partial charge >= 0.3 is 0 Å². The summed E-state index contributed by atoms with van der Waals surface area (Å²) in [5.41, 5.74) is 1.42. The summed E-state index contributed by atoms with van der Waals surface area (Å²) in [5, 5.41) is 13.0. The first-order chi connectivity index (χ1) is 14.2. The van der Waals surface area contributed by atoms with Crippen molar-refractivity contribution in [2.24, 2.45) is 23.2 Å². The Labute approximate surface area is 186 Å². The maximum atomic E-state index is 13.1. The predicted molar refractivity (Wildman–Crippen MR) is 121 cm³/mol. The van der Waals surface area contributed by atoms with Crippen molar-refractivity contribution in [3.63, 3.8) is 0 Å². The van der Waals surface area contributed by atoms with Gasteiger partial charge in [-0.05, 0) is 113 Å². The van der Waals surface area contributed by atoms with Crippen LogP contribution in [0.3, 0.4) is 0 Å². The van der Waals surface area contributed by atoms with Crippen LogP contribution >= 0.6 is 11.8 Å². The van der Waals surface area contributed by atoms with Gasteiger partial charge in [-0.25, -0.2) is 0 Å². The normalized spacial score (nSPS) is 29.9. The zero-order chi connectivity index (χ0) is 21.4. The van der Waals surface area contributed by atoms with E-state index >= 15 is 0 Å². The minimum absolute atomic E-state index is 0.0607. The molecular formula is C25H37ClN2O2. The van der Waals surface area contributed by atoms with E-state index in [0.717, 1.165) is 42.7 Å². The second-order valence-corrected chi connectivity index (χ2v) is 11.4. The minimum Gasteiger partial charge on any atom is -0.389 e. The highest BCUT2D eigenvalue weighted by Gasteiger charge is 2.51. The van der Waals surface area contributed by atoms with Gasteiger partial charge in [0, 0.05) is 30.4 Å². The Bertz CT molecular complexity index is 722. The Balaban J connectivity index is 1.30. The second kappa shape index (κ2) is 8.80. The molecular weight excluding hydrogens is 396 g/mol. The van der Waals surface area contributed by atoms with E-state index in [4.69, 9.17) is 11.8 Å². The number of halogens is 1. The fourth-order valence-corrected chi connectivity index (χ4v) is 7.01. The number of benzene rings is 1. The van der Waals surface area contributed by atoms with Crippen molar-refractivity contribution in [2.75, 3.05) is 19.6 Å². The molecule has 30 heavy (non-hydrogen) atoms. The van der Waals surface area contributed by atoms with Crippen molar-refractivity contribution >= 4 is 17.7 Å². The number of hydrogen-bond acceptors (Lipinski definition) is 3. The van der Waals surface area contributed by atoms with Gasteiger partial charge in [-0.15, -0.1) is 0 Å². The average molecular weight is 433 g/mol. The summed E-state index contributed by atoms with van der Waals surface area (Å²) < 4.78 is 1.48. The predicted octanol–water partition coefficient (Wildman–Crippen LogP) is 4.79. The summed E-state index contributed by atoms with van der Waals surface area (Å²) in [6.07, 6.45) is 9.85. The van der Waals surface area contributed by atoms with E-state index < -0.39 is 5.60 Å². The number of carbonyl (C=O) groups excluding carboxylic acids is 1. The fourth-order valence-electron chi connectivity index (χ4n) is 6.66. The van der Waals surface area contributed by atoms with E-state index in [0.29, 0.717) is 18.7 Å². The Kier molecular flexibility index (Phi) is 6.48. The SMILES string of the molecule is CC(C)(O)CNCCCc1cccc(C(=O)N(Cl)CC23CC4CC(CC(C4)C2)C3)c1. The molecule has 0 saturated heterocycles. The van der Waals surface area contributed by atoms with E-state index in [9.17, 15) is 9.90 Å². The zero-order valence-electron chi connectivity index (χ0n) is 18.5. The van der Waals surface area contributed by atoms with Crippen molar-refractivity contribution in [1.29, 1.82) is 0 Å². The lowest BCUT2D eigenvalue weighted by atomic mass is 9.49. The van der Waals surface area contributed by atoms with Gasteiger partial charge in [-0.2, -0.15) is 0 Å². The first-order valence-electron chi connectivity index (χ1n) is 11.7. The maximum absolute atomic E-state index is 13.1. The molecule has 1 aromatic rings. The highest BCUT2D eigenvalue weighted by atomic mass is 35.5. The summed E-state index contributed by atoms with van der Waals surface area (Å²) >= 11 is 6.59. The highest BCUT2D eigenvalue weighted by molar-refractivity contribution is 6.24. The van der Waals surface area contributed by atoms with E-state index in [1.807, 2.05) is 18.2 Å². The van der Waals surface area contributed by atoms with E-state index in [1.54, 1.807) is 13.8 Å². The molecule has 0 spiro atoms. The summed E-state index contributed by atoms with van der Waals surface area (Å²) in [6, 6.07) is 7.91. The topological polar surface area (TPSA) is 52.6 Å². The van der Waals surface area contributed by atoms with Crippen LogP contribution in [0.15, 0.2) is 24.3 Å². The third kappa shape index (κ3) is 5.38. The van der Waals surface area contributed by atoms with Gasteiger partial charge in [-0.3, -0.25) is 9.21 Å². The highest BCUT2D eigenvalue weighted by Crippen LogP contribution is 2.60. The Morgan fingerprint density at radius 2 is 1.83 bits per heavy atom. The van der Waals surface area contributed by atoms with Crippen molar-refractivity contribution < 1.29 is 9.90 Å². The molecule has 0 aliphatic heterocycles. The molecule has 0 atom stereocenters. The molecule has 4 fully saturated rings. The molecule has 2 N–H and O–H groups in total. The number of aliphatic hydroxyl groups is 1.